The summed E-state index contributed by atoms with van der Waals surface area (Å²) in [5.41, 5.74) is 1.34. The molecule has 8 heteroatoms. The van der Waals surface area contributed by atoms with Crippen LogP contribution < -0.4 is 5.56 Å². The molecule has 1 atom stereocenters. The molecule has 0 bridgehead atoms. The highest BCUT2D eigenvalue weighted by atomic mass is 35.5. The van der Waals surface area contributed by atoms with E-state index in [0.29, 0.717) is 32.9 Å². The lowest BCUT2D eigenvalue weighted by atomic mass is 10.2. The van der Waals surface area contributed by atoms with Gasteiger partial charge in [-0.15, -0.1) is 10.2 Å². The summed E-state index contributed by atoms with van der Waals surface area (Å²) in [5.74, 6) is 0.942. The molecule has 0 N–H and O–H groups in total. The fourth-order valence-corrected chi connectivity index (χ4v) is 4.23. The highest BCUT2D eigenvalue weighted by Gasteiger charge is 2.21. The molecule has 4 aromatic rings. The second-order valence-corrected chi connectivity index (χ2v) is 8.64. The van der Waals surface area contributed by atoms with Gasteiger partial charge in [-0.2, -0.15) is 0 Å². The second kappa shape index (κ2) is 8.00. The lowest BCUT2D eigenvalue weighted by Crippen LogP contribution is -2.25. The van der Waals surface area contributed by atoms with Gasteiger partial charge in [0.25, 0.3) is 5.56 Å². The Bertz CT molecular complexity index is 1220. The lowest BCUT2D eigenvalue weighted by molar-refractivity contribution is 0.502. The molecule has 0 unspecified atom stereocenters. The highest BCUT2D eigenvalue weighted by molar-refractivity contribution is 7.99. The molecule has 6 nitrogen and oxygen atoms in total. The van der Waals surface area contributed by atoms with Gasteiger partial charge in [0.15, 0.2) is 5.16 Å². The van der Waals surface area contributed by atoms with Crippen LogP contribution in [-0.2, 0) is 0 Å². The van der Waals surface area contributed by atoms with Crippen LogP contribution >= 0.6 is 23.4 Å². The summed E-state index contributed by atoms with van der Waals surface area (Å²) in [4.78, 5) is 17.7. The van der Waals surface area contributed by atoms with Crippen LogP contribution in [0, 0.1) is 0 Å². The Hall–Kier alpha value is -2.64. The van der Waals surface area contributed by atoms with Gasteiger partial charge in [0.1, 0.15) is 0 Å². The maximum Gasteiger partial charge on any atom is 0.262 e. The Morgan fingerprint density at radius 3 is 2.55 bits per heavy atom. The molecule has 0 aliphatic rings. The Labute approximate surface area is 176 Å². The van der Waals surface area contributed by atoms with Gasteiger partial charge in [0, 0.05) is 16.6 Å². The van der Waals surface area contributed by atoms with Crippen molar-refractivity contribution in [2.45, 2.75) is 37.2 Å². The van der Waals surface area contributed by atoms with E-state index in [2.05, 4.69) is 10.2 Å². The van der Waals surface area contributed by atoms with Gasteiger partial charge in [-0.1, -0.05) is 41.6 Å². The van der Waals surface area contributed by atoms with Crippen LogP contribution in [0.4, 0.5) is 0 Å². The molecular weight excluding hydrogens is 408 g/mol. The van der Waals surface area contributed by atoms with Crippen molar-refractivity contribution in [2.24, 2.45) is 0 Å². The standard InChI is InChI=1S/C21H19ClN4O2S/c1-12(2)26-20(27)16-10-9-15(22)11-17(16)23-21(26)29-13(3)18-24-25-19(28-18)14-7-5-4-6-8-14/h4-13H,1-3H3/t13-/m1/s1. The maximum atomic E-state index is 13.0. The molecule has 2 aromatic heterocycles. The normalized spacial score (nSPS) is 12.6. The zero-order valence-corrected chi connectivity index (χ0v) is 17.7. The number of nitrogens with zero attached hydrogens (tertiary/aromatic N) is 4. The summed E-state index contributed by atoms with van der Waals surface area (Å²) < 4.78 is 7.55. The third-order valence-corrected chi connectivity index (χ3v) is 5.73. The number of rotatable bonds is 5. The van der Waals surface area contributed by atoms with Crippen LogP contribution in [0.3, 0.4) is 0 Å². The fraction of sp³-hybridized carbons (Fsp3) is 0.238. The Morgan fingerprint density at radius 2 is 1.83 bits per heavy atom. The molecule has 0 aliphatic heterocycles. The summed E-state index contributed by atoms with van der Waals surface area (Å²) in [6, 6.07) is 14.7. The quantitative estimate of drug-likeness (QED) is 0.308. The van der Waals surface area contributed by atoms with Crippen molar-refractivity contribution in [1.82, 2.24) is 19.7 Å². The first-order chi connectivity index (χ1) is 13.9. The minimum Gasteiger partial charge on any atom is -0.419 e. The number of hydrogen-bond donors (Lipinski definition) is 0. The van der Waals surface area contributed by atoms with Gasteiger partial charge in [-0.3, -0.25) is 9.36 Å². The maximum absolute atomic E-state index is 13.0. The van der Waals surface area contributed by atoms with Crippen LogP contribution in [0.1, 0.15) is 38.0 Å². The molecule has 0 saturated heterocycles. The molecule has 0 spiro atoms. The van der Waals surface area contributed by atoms with E-state index in [9.17, 15) is 4.79 Å². The molecule has 2 aromatic carbocycles. The van der Waals surface area contributed by atoms with Crippen molar-refractivity contribution in [1.29, 1.82) is 0 Å². The van der Waals surface area contributed by atoms with Gasteiger partial charge in [0.2, 0.25) is 11.8 Å². The molecule has 0 aliphatic carbocycles. The molecule has 148 valence electrons. The predicted molar refractivity (Wildman–Crippen MR) is 115 cm³/mol. The van der Waals surface area contributed by atoms with E-state index in [4.69, 9.17) is 21.0 Å². The Balaban J connectivity index is 1.71. The fourth-order valence-electron chi connectivity index (χ4n) is 2.99. The third kappa shape index (κ3) is 3.93. The topological polar surface area (TPSA) is 73.8 Å². The van der Waals surface area contributed by atoms with E-state index in [1.165, 1.54) is 11.8 Å². The van der Waals surface area contributed by atoms with Crippen LogP contribution in [0.15, 0.2) is 62.9 Å². The van der Waals surface area contributed by atoms with Gasteiger partial charge in [0.05, 0.1) is 16.2 Å². The number of thioether (sulfide) groups is 1. The molecule has 0 fully saturated rings. The molecule has 2 heterocycles. The lowest BCUT2D eigenvalue weighted by Gasteiger charge is -2.17. The number of hydrogen-bond acceptors (Lipinski definition) is 6. The molecule has 0 amide bonds. The van der Waals surface area contributed by atoms with Crippen LogP contribution in [0.2, 0.25) is 5.02 Å². The number of halogens is 1. The second-order valence-electron chi connectivity index (χ2n) is 6.90. The zero-order chi connectivity index (χ0) is 20.5. The van der Waals surface area contributed by atoms with Crippen LogP contribution in [0.25, 0.3) is 22.4 Å². The van der Waals surface area contributed by atoms with Crippen LogP contribution in [0.5, 0.6) is 0 Å². The van der Waals surface area contributed by atoms with E-state index in [0.717, 1.165) is 5.56 Å². The molecule has 4 rings (SSSR count). The Kier molecular flexibility index (Phi) is 5.43. The number of benzene rings is 2. The van der Waals surface area contributed by atoms with Crippen LogP contribution in [-0.4, -0.2) is 19.7 Å². The minimum atomic E-state index is -0.187. The Morgan fingerprint density at radius 1 is 1.07 bits per heavy atom. The summed E-state index contributed by atoms with van der Waals surface area (Å²) >= 11 is 7.51. The number of aromatic nitrogens is 4. The van der Waals surface area contributed by atoms with Crippen molar-refractivity contribution < 1.29 is 4.42 Å². The molecule has 0 saturated carbocycles. The first-order valence-corrected chi connectivity index (χ1v) is 10.5. The van der Waals surface area contributed by atoms with E-state index in [-0.39, 0.29) is 16.9 Å². The predicted octanol–water partition coefficient (Wildman–Crippen LogP) is 5.53. The van der Waals surface area contributed by atoms with Crippen molar-refractivity contribution in [3.63, 3.8) is 0 Å². The summed E-state index contributed by atoms with van der Waals surface area (Å²) in [6.07, 6.45) is 0. The summed E-state index contributed by atoms with van der Waals surface area (Å²) in [7, 11) is 0. The monoisotopic (exact) mass is 426 g/mol. The number of fused-ring (bicyclic) bond motifs is 1. The smallest absolute Gasteiger partial charge is 0.262 e. The highest BCUT2D eigenvalue weighted by Crippen LogP contribution is 2.35. The summed E-state index contributed by atoms with van der Waals surface area (Å²) in [6.45, 7) is 5.87. The molecular formula is C21H19ClN4O2S. The zero-order valence-electron chi connectivity index (χ0n) is 16.2. The van der Waals surface area contributed by atoms with E-state index < -0.39 is 0 Å². The van der Waals surface area contributed by atoms with Crippen molar-refractivity contribution in [2.75, 3.05) is 0 Å². The average Bonchev–Trinajstić information content (AvgIpc) is 3.18. The van der Waals surface area contributed by atoms with Gasteiger partial charge >= 0.3 is 0 Å². The van der Waals surface area contributed by atoms with E-state index >= 15 is 0 Å². The minimum absolute atomic E-state index is 0.0488. The molecule has 29 heavy (non-hydrogen) atoms. The third-order valence-electron chi connectivity index (χ3n) is 4.44. The van der Waals surface area contributed by atoms with Gasteiger partial charge in [-0.05, 0) is 51.1 Å². The van der Waals surface area contributed by atoms with Crippen molar-refractivity contribution in [3.05, 3.63) is 69.8 Å². The first-order valence-electron chi connectivity index (χ1n) is 9.21. The van der Waals surface area contributed by atoms with Gasteiger partial charge < -0.3 is 4.42 Å². The molecule has 0 radical (unpaired) electrons. The van der Waals surface area contributed by atoms with Crippen molar-refractivity contribution in [3.8, 4) is 11.5 Å². The van der Waals surface area contributed by atoms with E-state index in [1.807, 2.05) is 51.1 Å². The first kappa shape index (κ1) is 19.7. The van der Waals surface area contributed by atoms with Crippen molar-refractivity contribution >= 4 is 34.3 Å². The largest absolute Gasteiger partial charge is 0.419 e. The summed E-state index contributed by atoms with van der Waals surface area (Å²) in [5, 5.41) is 9.83. The van der Waals surface area contributed by atoms with Gasteiger partial charge in [-0.25, -0.2) is 4.98 Å². The average molecular weight is 427 g/mol. The van der Waals surface area contributed by atoms with E-state index in [1.54, 1.807) is 22.8 Å². The SMILES string of the molecule is CC(C)n1c(S[C@H](C)c2nnc(-c3ccccc3)o2)nc2cc(Cl)ccc2c1=O.